The second-order valence-corrected chi connectivity index (χ2v) is 6.99. The van der Waals surface area contributed by atoms with Crippen LogP contribution in [0, 0.1) is 5.92 Å². The molecule has 0 aliphatic carbocycles. The van der Waals surface area contributed by atoms with Crippen LogP contribution in [0.25, 0.3) is 0 Å². The second-order valence-electron chi connectivity index (χ2n) is 5.88. The van der Waals surface area contributed by atoms with Crippen molar-refractivity contribution in [2.45, 2.75) is 46.1 Å². The fourth-order valence-electron chi connectivity index (χ4n) is 3.23. The smallest absolute Gasteiger partial charge is 0.251 e. The molecule has 0 spiro atoms. The Bertz CT molecular complexity index is 542. The number of primary amides is 1. The van der Waals surface area contributed by atoms with Gasteiger partial charge in [-0.15, -0.1) is 11.3 Å². The van der Waals surface area contributed by atoms with Crippen LogP contribution in [0.15, 0.2) is 0 Å². The lowest BCUT2D eigenvalue weighted by molar-refractivity contribution is -0.105. The first kappa shape index (κ1) is 17.0. The van der Waals surface area contributed by atoms with Gasteiger partial charge in [-0.2, -0.15) is 0 Å². The van der Waals surface area contributed by atoms with E-state index in [0.29, 0.717) is 17.0 Å². The number of nitrogens with one attached hydrogen (secondary N) is 1. The van der Waals surface area contributed by atoms with E-state index < -0.39 is 5.91 Å². The lowest BCUT2D eigenvalue weighted by atomic mass is 9.97. The summed E-state index contributed by atoms with van der Waals surface area (Å²) in [5, 5.41) is 3.21. The molecule has 1 aliphatic heterocycles. The molecular weight excluding hydrogens is 298 g/mol. The number of rotatable bonds is 8. The monoisotopic (exact) mass is 323 g/mol. The average Bonchev–Trinajstić information content (AvgIpc) is 2.84. The van der Waals surface area contributed by atoms with Gasteiger partial charge in [-0.25, -0.2) is 0 Å². The molecule has 5 nitrogen and oxygen atoms in total. The number of hydrogen-bond acceptors (Lipinski definition) is 4. The average molecular weight is 323 g/mol. The molecule has 1 aliphatic rings. The van der Waals surface area contributed by atoms with Gasteiger partial charge < -0.3 is 11.1 Å². The number of hydrogen-bond donors (Lipinski definition) is 2. The molecule has 3 N–H and O–H groups in total. The van der Waals surface area contributed by atoms with Crippen molar-refractivity contribution in [2.75, 3.05) is 18.4 Å². The molecular formula is C16H25N3O2S. The summed E-state index contributed by atoms with van der Waals surface area (Å²) in [6.07, 6.45) is 5.11. The number of amides is 2. The predicted molar refractivity (Wildman–Crippen MR) is 90.2 cm³/mol. The number of thiophene rings is 1. The first-order valence-electron chi connectivity index (χ1n) is 7.97. The maximum atomic E-state index is 11.7. The fourth-order valence-corrected chi connectivity index (χ4v) is 4.48. The summed E-state index contributed by atoms with van der Waals surface area (Å²) in [5.74, 6) is 0.280. The first-order chi connectivity index (χ1) is 10.6. The van der Waals surface area contributed by atoms with Crippen LogP contribution in [-0.2, 0) is 17.8 Å². The molecule has 22 heavy (non-hydrogen) atoms. The normalized spacial score (nSPS) is 16.1. The van der Waals surface area contributed by atoms with E-state index >= 15 is 0 Å². The van der Waals surface area contributed by atoms with Crippen LogP contribution < -0.4 is 11.1 Å². The largest absolute Gasteiger partial charge is 0.365 e. The van der Waals surface area contributed by atoms with Crippen molar-refractivity contribution < 1.29 is 9.59 Å². The van der Waals surface area contributed by atoms with Crippen LogP contribution in [0.2, 0.25) is 0 Å². The van der Waals surface area contributed by atoms with Gasteiger partial charge in [0, 0.05) is 24.5 Å². The van der Waals surface area contributed by atoms with Gasteiger partial charge >= 0.3 is 0 Å². The van der Waals surface area contributed by atoms with Crippen molar-refractivity contribution in [1.82, 2.24) is 4.90 Å². The molecule has 6 heteroatoms. The Morgan fingerprint density at radius 1 is 1.50 bits per heavy atom. The highest BCUT2D eigenvalue weighted by molar-refractivity contribution is 7.16. The van der Waals surface area contributed by atoms with Gasteiger partial charge in [-0.1, -0.05) is 26.7 Å². The molecule has 2 amide bonds. The van der Waals surface area contributed by atoms with Crippen molar-refractivity contribution in [2.24, 2.45) is 11.7 Å². The number of anilines is 1. The third-order valence-electron chi connectivity index (χ3n) is 4.36. The van der Waals surface area contributed by atoms with Crippen molar-refractivity contribution >= 4 is 28.7 Å². The van der Waals surface area contributed by atoms with Crippen LogP contribution in [0.5, 0.6) is 0 Å². The van der Waals surface area contributed by atoms with Gasteiger partial charge in [-0.3, -0.25) is 14.5 Å². The Morgan fingerprint density at radius 3 is 2.86 bits per heavy atom. The van der Waals surface area contributed by atoms with Crippen LogP contribution in [0.3, 0.4) is 0 Å². The van der Waals surface area contributed by atoms with E-state index in [-0.39, 0.29) is 0 Å². The molecule has 1 unspecified atom stereocenters. The molecule has 0 radical (unpaired) electrons. The SMILES string of the molecule is CCCC(CC)CN1CCc2c(sc(NC=O)c2C(N)=O)C1. The minimum Gasteiger partial charge on any atom is -0.365 e. The minimum atomic E-state index is -0.451. The van der Waals surface area contributed by atoms with Gasteiger partial charge in [0.05, 0.1) is 5.56 Å². The Hall–Kier alpha value is -1.40. The van der Waals surface area contributed by atoms with Crippen molar-refractivity contribution in [1.29, 1.82) is 0 Å². The van der Waals surface area contributed by atoms with Crippen LogP contribution in [-0.4, -0.2) is 30.3 Å². The summed E-state index contributed by atoms with van der Waals surface area (Å²) < 4.78 is 0. The number of fused-ring (bicyclic) bond motifs is 1. The fraction of sp³-hybridized carbons (Fsp3) is 0.625. The summed E-state index contributed by atoms with van der Waals surface area (Å²) in [6, 6.07) is 0. The Kier molecular flexibility index (Phi) is 5.97. The lowest BCUT2D eigenvalue weighted by Gasteiger charge is -2.30. The Morgan fingerprint density at radius 2 is 2.27 bits per heavy atom. The van der Waals surface area contributed by atoms with Crippen LogP contribution in [0.4, 0.5) is 5.00 Å². The zero-order valence-electron chi connectivity index (χ0n) is 13.4. The van der Waals surface area contributed by atoms with Gasteiger partial charge in [0.1, 0.15) is 5.00 Å². The maximum Gasteiger partial charge on any atom is 0.251 e. The maximum absolute atomic E-state index is 11.7. The number of carbonyl (C=O) groups excluding carboxylic acids is 2. The minimum absolute atomic E-state index is 0.451. The van der Waals surface area contributed by atoms with E-state index in [1.165, 1.54) is 30.6 Å². The topological polar surface area (TPSA) is 75.4 Å². The van der Waals surface area contributed by atoms with E-state index in [4.69, 9.17) is 5.73 Å². The molecule has 1 atom stereocenters. The second kappa shape index (κ2) is 7.74. The summed E-state index contributed by atoms with van der Waals surface area (Å²) in [7, 11) is 0. The number of carbonyl (C=O) groups is 2. The predicted octanol–water partition coefficient (Wildman–Crippen LogP) is 2.60. The van der Waals surface area contributed by atoms with Gasteiger partial charge in [0.2, 0.25) is 6.41 Å². The number of nitrogens with two attached hydrogens (primary N) is 1. The van der Waals surface area contributed by atoms with Crippen LogP contribution in [0.1, 0.15) is 53.9 Å². The summed E-state index contributed by atoms with van der Waals surface area (Å²) in [4.78, 5) is 26.0. The molecule has 2 heterocycles. The highest BCUT2D eigenvalue weighted by atomic mass is 32.1. The van der Waals surface area contributed by atoms with Gasteiger partial charge in [0.15, 0.2) is 0 Å². The standard InChI is InChI=1S/C16H25N3O2S/c1-3-5-11(4-2)8-19-7-6-12-13(9-19)22-16(18-10-20)14(12)15(17)21/h10-11H,3-9H2,1-2H3,(H2,17,21)(H,18,20). The van der Waals surface area contributed by atoms with Crippen molar-refractivity contribution in [3.8, 4) is 0 Å². The summed E-state index contributed by atoms with van der Waals surface area (Å²) >= 11 is 1.48. The molecule has 0 saturated carbocycles. The highest BCUT2D eigenvalue weighted by Crippen LogP contribution is 2.36. The third-order valence-corrected chi connectivity index (χ3v) is 5.51. The van der Waals surface area contributed by atoms with Gasteiger partial charge in [0.25, 0.3) is 5.91 Å². The molecule has 122 valence electrons. The molecule has 1 aromatic rings. The summed E-state index contributed by atoms with van der Waals surface area (Å²) in [5.41, 5.74) is 7.02. The quantitative estimate of drug-likeness (QED) is 0.722. The molecule has 0 fully saturated rings. The zero-order valence-corrected chi connectivity index (χ0v) is 14.2. The van der Waals surface area contributed by atoms with Crippen LogP contribution >= 0.6 is 11.3 Å². The third kappa shape index (κ3) is 3.67. The van der Waals surface area contributed by atoms with E-state index in [1.54, 1.807) is 0 Å². The van der Waals surface area contributed by atoms with E-state index in [2.05, 4.69) is 24.1 Å². The molecule has 1 aromatic heterocycles. The Labute approximate surface area is 135 Å². The van der Waals surface area contributed by atoms with E-state index in [1.807, 2.05) is 0 Å². The molecule has 0 aromatic carbocycles. The summed E-state index contributed by atoms with van der Waals surface area (Å²) in [6.45, 7) is 7.38. The van der Waals surface area contributed by atoms with Gasteiger partial charge in [-0.05, 0) is 24.3 Å². The molecule has 0 bridgehead atoms. The van der Waals surface area contributed by atoms with E-state index in [9.17, 15) is 9.59 Å². The molecule has 2 rings (SSSR count). The zero-order chi connectivity index (χ0) is 16.1. The Balaban J connectivity index is 2.15. The number of nitrogens with zero attached hydrogens (tertiary/aromatic N) is 1. The lowest BCUT2D eigenvalue weighted by Crippen LogP contribution is -2.34. The highest BCUT2D eigenvalue weighted by Gasteiger charge is 2.27. The first-order valence-corrected chi connectivity index (χ1v) is 8.79. The van der Waals surface area contributed by atoms with E-state index in [0.717, 1.165) is 42.4 Å². The van der Waals surface area contributed by atoms with Crippen molar-refractivity contribution in [3.05, 3.63) is 16.0 Å². The molecule has 0 saturated heterocycles. The van der Waals surface area contributed by atoms with Crippen molar-refractivity contribution in [3.63, 3.8) is 0 Å².